The van der Waals surface area contributed by atoms with Crippen molar-refractivity contribution in [3.8, 4) is 0 Å². The highest BCUT2D eigenvalue weighted by atomic mass is 35.5. The molecule has 4 aliphatic rings. The molecule has 0 aliphatic carbocycles. The number of halogens is 1. The molecule has 170 valence electrons. The van der Waals surface area contributed by atoms with Gasteiger partial charge >= 0.3 is 0 Å². The number of anilines is 2. The van der Waals surface area contributed by atoms with Gasteiger partial charge in [0.25, 0.3) is 0 Å². The minimum absolute atomic E-state index is 0.144. The van der Waals surface area contributed by atoms with Gasteiger partial charge in [0.2, 0.25) is 17.7 Å². The minimum Gasteiger partial charge on any atom is -0.324 e. The second kappa shape index (κ2) is 6.68. The fraction of sp³-hybridized carbons (Fsp3) is 0.296. The molecule has 7 rings (SSSR count). The number of amides is 3. The molecule has 0 bridgehead atoms. The van der Waals surface area contributed by atoms with E-state index in [9.17, 15) is 14.4 Å². The Morgan fingerprint density at radius 1 is 1.00 bits per heavy atom. The highest BCUT2D eigenvalue weighted by Gasteiger charge is 2.74. The number of nitrogens with zero attached hydrogens (tertiary/aromatic N) is 2. The first-order valence-electron chi connectivity index (χ1n) is 11.7. The molecule has 4 heterocycles. The first kappa shape index (κ1) is 20.2. The van der Waals surface area contributed by atoms with Crippen LogP contribution in [0.1, 0.15) is 24.0 Å². The number of carbonyl (C=O) groups excluding carboxylic acids is 3. The zero-order valence-electron chi connectivity index (χ0n) is 18.5. The van der Waals surface area contributed by atoms with Gasteiger partial charge in [-0.25, -0.2) is 4.90 Å². The summed E-state index contributed by atoms with van der Waals surface area (Å²) in [6.45, 7) is 2.55. The molecule has 3 aromatic rings. The van der Waals surface area contributed by atoms with Gasteiger partial charge in [-0.1, -0.05) is 54.1 Å². The maximum absolute atomic E-state index is 14.2. The first-order chi connectivity index (χ1) is 16.5. The fourth-order valence-corrected chi connectivity index (χ4v) is 7.19. The van der Waals surface area contributed by atoms with Crippen molar-refractivity contribution in [2.45, 2.75) is 31.3 Å². The minimum atomic E-state index is -1.19. The predicted molar refractivity (Wildman–Crippen MR) is 130 cm³/mol. The molecule has 0 unspecified atom stereocenters. The van der Waals surface area contributed by atoms with Gasteiger partial charge in [0.05, 0.1) is 23.2 Å². The quantitative estimate of drug-likeness (QED) is 0.539. The second-order valence-electron chi connectivity index (χ2n) is 9.73. The molecule has 3 saturated heterocycles. The molecule has 4 atom stereocenters. The third kappa shape index (κ3) is 2.19. The average molecular weight is 472 g/mol. The van der Waals surface area contributed by atoms with Crippen molar-refractivity contribution in [1.82, 2.24) is 4.90 Å². The number of nitrogens with one attached hydrogen (secondary N) is 1. The fourth-order valence-electron chi connectivity index (χ4n) is 7.03. The van der Waals surface area contributed by atoms with Crippen molar-refractivity contribution in [2.75, 3.05) is 16.8 Å². The van der Waals surface area contributed by atoms with E-state index in [-0.39, 0.29) is 23.8 Å². The number of rotatable bonds is 1. The van der Waals surface area contributed by atoms with Gasteiger partial charge in [0.15, 0.2) is 0 Å². The van der Waals surface area contributed by atoms with E-state index < -0.39 is 17.4 Å². The Kier molecular flexibility index (Phi) is 3.96. The molecule has 1 N–H and O–H groups in total. The topological polar surface area (TPSA) is 69.7 Å². The van der Waals surface area contributed by atoms with E-state index in [1.54, 1.807) is 6.07 Å². The largest absolute Gasteiger partial charge is 0.324 e. The van der Waals surface area contributed by atoms with Crippen molar-refractivity contribution in [3.63, 3.8) is 0 Å². The molecule has 0 radical (unpaired) electrons. The molecule has 6 nitrogen and oxygen atoms in total. The average Bonchev–Trinajstić information content (AvgIpc) is 3.55. The van der Waals surface area contributed by atoms with Crippen molar-refractivity contribution in [3.05, 3.63) is 70.7 Å². The molecule has 0 aromatic heterocycles. The molecule has 3 aromatic carbocycles. The van der Waals surface area contributed by atoms with Gasteiger partial charge < -0.3 is 5.32 Å². The summed E-state index contributed by atoms with van der Waals surface area (Å²) in [5.74, 6) is -2.05. The van der Waals surface area contributed by atoms with E-state index in [2.05, 4.69) is 10.2 Å². The smallest absolute Gasteiger partial charge is 0.250 e. The van der Waals surface area contributed by atoms with Crippen molar-refractivity contribution in [2.24, 2.45) is 11.8 Å². The maximum atomic E-state index is 14.2. The molecule has 3 fully saturated rings. The summed E-state index contributed by atoms with van der Waals surface area (Å²) >= 11 is 6.37. The van der Waals surface area contributed by atoms with Crippen LogP contribution in [0.25, 0.3) is 10.8 Å². The SMILES string of the molecule is Cc1c(Cl)ccc2c1NC(=O)[C@]21[C@@H]2C(=O)N(c3cccc4ccccc34)C(=O)[C@@H]2[C@@H]2CCCN21. The number of carbonyl (C=O) groups is 3. The van der Waals surface area contributed by atoms with Gasteiger partial charge in [0.1, 0.15) is 5.54 Å². The summed E-state index contributed by atoms with van der Waals surface area (Å²) in [6, 6.07) is 16.9. The lowest BCUT2D eigenvalue weighted by atomic mass is 9.75. The Morgan fingerprint density at radius 3 is 2.65 bits per heavy atom. The first-order valence-corrected chi connectivity index (χ1v) is 12.1. The van der Waals surface area contributed by atoms with Gasteiger partial charge in [0, 0.05) is 22.0 Å². The highest BCUT2D eigenvalue weighted by Crippen LogP contribution is 2.61. The van der Waals surface area contributed by atoms with Gasteiger partial charge in [-0.2, -0.15) is 0 Å². The van der Waals surface area contributed by atoms with E-state index in [4.69, 9.17) is 11.6 Å². The van der Waals surface area contributed by atoms with Crippen LogP contribution >= 0.6 is 11.6 Å². The van der Waals surface area contributed by atoms with Gasteiger partial charge in [-0.15, -0.1) is 0 Å². The lowest BCUT2D eigenvalue weighted by molar-refractivity contribution is -0.135. The standard InChI is InChI=1S/C27H22ClN3O3/c1-14-18(28)12-11-17-23(14)29-26(34)27(17)22-21(20-10-5-13-30(20)27)24(32)31(25(22)33)19-9-4-7-15-6-2-3-8-16(15)19/h2-4,6-9,11-12,20-22H,5,10,13H2,1H3,(H,29,34)/t20-,21+,22-,27+/m0/s1. The van der Waals surface area contributed by atoms with Gasteiger partial charge in [-0.3, -0.25) is 19.3 Å². The zero-order valence-corrected chi connectivity index (χ0v) is 19.3. The van der Waals surface area contributed by atoms with Crippen LogP contribution in [0.2, 0.25) is 5.02 Å². The number of fused-ring (bicyclic) bond motifs is 8. The Balaban J connectivity index is 1.46. The Bertz CT molecular complexity index is 1450. The summed E-state index contributed by atoms with van der Waals surface area (Å²) in [5, 5.41) is 5.41. The lowest BCUT2D eigenvalue weighted by Crippen LogP contribution is -2.54. The van der Waals surface area contributed by atoms with E-state index in [1.165, 1.54) is 4.90 Å². The third-order valence-electron chi connectivity index (χ3n) is 8.37. The predicted octanol–water partition coefficient (Wildman–Crippen LogP) is 4.23. The molecule has 34 heavy (non-hydrogen) atoms. The zero-order chi connectivity index (χ0) is 23.4. The van der Waals surface area contributed by atoms with E-state index >= 15 is 0 Å². The Morgan fingerprint density at radius 2 is 1.79 bits per heavy atom. The van der Waals surface area contributed by atoms with Crippen LogP contribution in [0.3, 0.4) is 0 Å². The molecule has 0 saturated carbocycles. The van der Waals surface area contributed by atoms with Crippen molar-refractivity contribution < 1.29 is 14.4 Å². The van der Waals surface area contributed by atoms with Crippen molar-refractivity contribution >= 4 is 51.5 Å². The monoisotopic (exact) mass is 471 g/mol. The number of benzene rings is 3. The molecule has 1 spiro atoms. The second-order valence-corrected chi connectivity index (χ2v) is 10.1. The van der Waals surface area contributed by atoms with E-state index in [1.807, 2.05) is 55.5 Å². The van der Waals surface area contributed by atoms with Crippen molar-refractivity contribution in [1.29, 1.82) is 0 Å². The van der Waals surface area contributed by atoms with Crippen LogP contribution in [-0.2, 0) is 19.9 Å². The van der Waals surface area contributed by atoms with E-state index in [0.717, 1.165) is 34.7 Å². The number of hydrogen-bond donors (Lipinski definition) is 1. The van der Waals surface area contributed by atoms with Crippen LogP contribution < -0.4 is 10.2 Å². The van der Waals surface area contributed by atoms with Crippen LogP contribution in [0.4, 0.5) is 11.4 Å². The molecule has 7 heteroatoms. The summed E-state index contributed by atoms with van der Waals surface area (Å²) < 4.78 is 0. The van der Waals surface area contributed by atoms with Gasteiger partial charge in [-0.05, 0) is 49.4 Å². The van der Waals surface area contributed by atoms with Crippen LogP contribution in [0, 0.1) is 18.8 Å². The van der Waals surface area contributed by atoms with Crippen LogP contribution in [-0.4, -0.2) is 35.2 Å². The Labute approximate surface area is 201 Å². The molecular weight excluding hydrogens is 450 g/mol. The summed E-state index contributed by atoms with van der Waals surface area (Å²) in [6.07, 6.45) is 1.68. The molecule has 4 aliphatic heterocycles. The number of hydrogen-bond acceptors (Lipinski definition) is 4. The molecule has 3 amide bonds. The maximum Gasteiger partial charge on any atom is 0.250 e. The Hall–Kier alpha value is -3.22. The highest BCUT2D eigenvalue weighted by molar-refractivity contribution is 6.32. The number of imide groups is 1. The van der Waals surface area contributed by atoms with E-state index in [0.29, 0.717) is 22.9 Å². The lowest BCUT2D eigenvalue weighted by Gasteiger charge is -2.36. The summed E-state index contributed by atoms with van der Waals surface area (Å²) in [7, 11) is 0. The molecular formula is C27H22ClN3O3. The van der Waals surface area contributed by atoms with Crippen LogP contribution in [0.15, 0.2) is 54.6 Å². The summed E-state index contributed by atoms with van der Waals surface area (Å²) in [5.41, 5.74) is 1.62. The third-order valence-corrected chi connectivity index (χ3v) is 8.78. The van der Waals surface area contributed by atoms with Crippen LogP contribution in [0.5, 0.6) is 0 Å². The normalized spacial score (nSPS) is 29.8. The summed E-state index contributed by atoms with van der Waals surface area (Å²) in [4.78, 5) is 45.5.